The fourth-order valence-electron chi connectivity index (χ4n) is 2.28. The summed E-state index contributed by atoms with van der Waals surface area (Å²) in [6.07, 6.45) is 3.30. The van der Waals surface area contributed by atoms with Crippen LogP contribution >= 0.6 is 11.3 Å². The predicted octanol–water partition coefficient (Wildman–Crippen LogP) is 4.96. The van der Waals surface area contributed by atoms with E-state index in [0.717, 1.165) is 16.0 Å². The van der Waals surface area contributed by atoms with Crippen LogP contribution in [0.3, 0.4) is 0 Å². The summed E-state index contributed by atoms with van der Waals surface area (Å²) in [6.45, 7) is 2.03. The van der Waals surface area contributed by atoms with E-state index in [1.165, 1.54) is 11.6 Å². The number of nitrogens with one attached hydrogen (secondary N) is 1. The summed E-state index contributed by atoms with van der Waals surface area (Å²) in [5.41, 5.74) is 10.4. The second-order valence-corrected chi connectivity index (χ2v) is 6.46. The standard InChI is InChI=1S/C20H18N2OS/c1-14-4-6-15(7-5-14)8-11-20(23)22-18-13-16(9-10-17(18)21)19-3-2-12-24-19/h2-13H,21H2,1H3,(H,22,23)/b11-8+. The van der Waals surface area contributed by atoms with Crippen LogP contribution in [-0.4, -0.2) is 5.91 Å². The molecule has 0 bridgehead atoms. The number of anilines is 2. The molecule has 3 N–H and O–H groups in total. The van der Waals surface area contributed by atoms with Crippen LogP contribution in [0.4, 0.5) is 11.4 Å². The summed E-state index contributed by atoms with van der Waals surface area (Å²) in [5.74, 6) is -0.203. The Hall–Kier alpha value is -2.85. The highest BCUT2D eigenvalue weighted by Gasteiger charge is 2.06. The summed E-state index contributed by atoms with van der Waals surface area (Å²) in [4.78, 5) is 13.3. The van der Waals surface area contributed by atoms with Crippen LogP contribution < -0.4 is 11.1 Å². The monoisotopic (exact) mass is 334 g/mol. The van der Waals surface area contributed by atoms with Gasteiger partial charge in [0.2, 0.25) is 5.91 Å². The van der Waals surface area contributed by atoms with Gasteiger partial charge in [-0.05, 0) is 47.7 Å². The largest absolute Gasteiger partial charge is 0.397 e. The number of benzene rings is 2. The molecule has 24 heavy (non-hydrogen) atoms. The maximum absolute atomic E-state index is 12.2. The number of aryl methyl sites for hydroxylation is 1. The molecule has 0 radical (unpaired) electrons. The maximum Gasteiger partial charge on any atom is 0.248 e. The zero-order chi connectivity index (χ0) is 16.9. The van der Waals surface area contributed by atoms with E-state index in [1.54, 1.807) is 17.4 Å². The van der Waals surface area contributed by atoms with Crippen molar-refractivity contribution in [1.29, 1.82) is 0 Å². The molecule has 0 aliphatic heterocycles. The Bertz CT molecular complexity index is 865. The van der Waals surface area contributed by atoms with Crippen LogP contribution in [0.15, 0.2) is 66.1 Å². The third kappa shape index (κ3) is 3.91. The number of rotatable bonds is 4. The van der Waals surface area contributed by atoms with Gasteiger partial charge in [0.15, 0.2) is 0 Å². The van der Waals surface area contributed by atoms with Gasteiger partial charge in [-0.2, -0.15) is 0 Å². The number of carbonyl (C=O) groups is 1. The molecule has 1 aromatic heterocycles. The van der Waals surface area contributed by atoms with Gasteiger partial charge < -0.3 is 11.1 Å². The minimum Gasteiger partial charge on any atom is -0.397 e. The molecule has 0 fully saturated rings. The van der Waals surface area contributed by atoms with E-state index >= 15 is 0 Å². The zero-order valence-corrected chi connectivity index (χ0v) is 14.1. The topological polar surface area (TPSA) is 55.1 Å². The van der Waals surface area contributed by atoms with Crippen molar-refractivity contribution in [2.45, 2.75) is 6.92 Å². The molecule has 3 rings (SSSR count). The lowest BCUT2D eigenvalue weighted by atomic mass is 10.1. The Morgan fingerprint density at radius 2 is 1.92 bits per heavy atom. The van der Waals surface area contributed by atoms with E-state index < -0.39 is 0 Å². The highest BCUT2D eigenvalue weighted by atomic mass is 32.1. The van der Waals surface area contributed by atoms with Gasteiger partial charge in [-0.3, -0.25) is 4.79 Å². The van der Waals surface area contributed by atoms with Gasteiger partial charge in [-0.1, -0.05) is 42.0 Å². The van der Waals surface area contributed by atoms with Crippen molar-refractivity contribution in [3.05, 3.63) is 77.2 Å². The molecular weight excluding hydrogens is 316 g/mol. The second-order valence-electron chi connectivity index (χ2n) is 5.51. The Balaban J connectivity index is 1.74. The van der Waals surface area contributed by atoms with Gasteiger partial charge in [0.1, 0.15) is 0 Å². The quantitative estimate of drug-likeness (QED) is 0.523. The molecule has 0 saturated carbocycles. The molecule has 4 heteroatoms. The second kappa shape index (κ2) is 7.15. The molecule has 1 amide bonds. The van der Waals surface area contributed by atoms with Gasteiger partial charge in [0, 0.05) is 11.0 Å². The van der Waals surface area contributed by atoms with E-state index in [1.807, 2.05) is 66.9 Å². The Morgan fingerprint density at radius 1 is 1.12 bits per heavy atom. The fourth-order valence-corrected chi connectivity index (χ4v) is 3.01. The van der Waals surface area contributed by atoms with E-state index in [9.17, 15) is 4.79 Å². The molecule has 3 aromatic rings. The lowest BCUT2D eigenvalue weighted by molar-refractivity contribution is -0.111. The highest BCUT2D eigenvalue weighted by molar-refractivity contribution is 7.13. The van der Waals surface area contributed by atoms with Crippen LogP contribution in [0.5, 0.6) is 0 Å². The molecule has 0 spiro atoms. The average Bonchev–Trinajstić information content (AvgIpc) is 3.11. The Labute approximate surface area is 145 Å². The minimum atomic E-state index is -0.203. The van der Waals surface area contributed by atoms with Crippen molar-refractivity contribution in [2.24, 2.45) is 0 Å². The van der Waals surface area contributed by atoms with Crippen LogP contribution in [0.25, 0.3) is 16.5 Å². The molecule has 0 atom stereocenters. The molecule has 0 unspecified atom stereocenters. The normalized spacial score (nSPS) is 10.9. The summed E-state index contributed by atoms with van der Waals surface area (Å²) in [5, 5.41) is 4.87. The fraction of sp³-hybridized carbons (Fsp3) is 0.0500. The first-order valence-corrected chi connectivity index (χ1v) is 8.49. The number of carbonyl (C=O) groups excluding carboxylic acids is 1. The van der Waals surface area contributed by atoms with Crippen LogP contribution in [0.1, 0.15) is 11.1 Å². The van der Waals surface area contributed by atoms with Crippen molar-refractivity contribution in [3.63, 3.8) is 0 Å². The van der Waals surface area contributed by atoms with E-state index in [2.05, 4.69) is 5.32 Å². The molecular formula is C20H18N2OS. The SMILES string of the molecule is Cc1ccc(/C=C/C(=O)Nc2cc(-c3cccs3)ccc2N)cc1. The number of amides is 1. The van der Waals surface area contributed by atoms with Crippen LogP contribution in [-0.2, 0) is 4.79 Å². The lowest BCUT2D eigenvalue weighted by Gasteiger charge is -2.08. The summed E-state index contributed by atoms with van der Waals surface area (Å²) in [7, 11) is 0. The zero-order valence-electron chi connectivity index (χ0n) is 13.3. The van der Waals surface area contributed by atoms with E-state index in [0.29, 0.717) is 11.4 Å². The Kier molecular flexibility index (Phi) is 4.77. The number of hydrogen-bond acceptors (Lipinski definition) is 3. The summed E-state index contributed by atoms with van der Waals surface area (Å²) in [6, 6.07) is 17.7. The van der Waals surface area contributed by atoms with E-state index in [4.69, 9.17) is 5.73 Å². The average molecular weight is 334 g/mol. The molecule has 0 aliphatic rings. The lowest BCUT2D eigenvalue weighted by Crippen LogP contribution is -2.09. The maximum atomic E-state index is 12.2. The molecule has 120 valence electrons. The van der Waals surface area contributed by atoms with Crippen molar-refractivity contribution in [2.75, 3.05) is 11.1 Å². The van der Waals surface area contributed by atoms with Crippen molar-refractivity contribution in [3.8, 4) is 10.4 Å². The van der Waals surface area contributed by atoms with Crippen molar-refractivity contribution >= 4 is 34.7 Å². The predicted molar refractivity (Wildman–Crippen MR) is 103 cm³/mol. The van der Waals surface area contributed by atoms with Crippen LogP contribution in [0.2, 0.25) is 0 Å². The minimum absolute atomic E-state index is 0.203. The number of nitrogen functional groups attached to an aromatic ring is 1. The third-order valence-corrected chi connectivity index (χ3v) is 4.54. The smallest absolute Gasteiger partial charge is 0.248 e. The molecule has 0 aliphatic carbocycles. The first-order valence-electron chi connectivity index (χ1n) is 7.61. The number of nitrogens with two attached hydrogens (primary N) is 1. The summed E-state index contributed by atoms with van der Waals surface area (Å²) < 4.78 is 0. The number of hydrogen-bond donors (Lipinski definition) is 2. The van der Waals surface area contributed by atoms with Gasteiger partial charge in [0.25, 0.3) is 0 Å². The summed E-state index contributed by atoms with van der Waals surface area (Å²) >= 11 is 1.65. The van der Waals surface area contributed by atoms with Crippen LogP contribution in [0, 0.1) is 6.92 Å². The first kappa shape index (κ1) is 16.0. The van der Waals surface area contributed by atoms with Gasteiger partial charge in [-0.25, -0.2) is 0 Å². The van der Waals surface area contributed by atoms with E-state index in [-0.39, 0.29) is 5.91 Å². The highest BCUT2D eigenvalue weighted by Crippen LogP contribution is 2.30. The van der Waals surface area contributed by atoms with Crippen molar-refractivity contribution in [1.82, 2.24) is 0 Å². The third-order valence-electron chi connectivity index (χ3n) is 3.62. The van der Waals surface area contributed by atoms with Gasteiger partial charge in [-0.15, -0.1) is 11.3 Å². The van der Waals surface area contributed by atoms with Crippen molar-refractivity contribution < 1.29 is 4.79 Å². The first-order chi connectivity index (χ1) is 11.6. The van der Waals surface area contributed by atoms with Gasteiger partial charge in [0.05, 0.1) is 11.4 Å². The Morgan fingerprint density at radius 3 is 2.62 bits per heavy atom. The molecule has 1 heterocycles. The molecule has 2 aromatic carbocycles. The van der Waals surface area contributed by atoms with Gasteiger partial charge >= 0.3 is 0 Å². The molecule has 0 saturated heterocycles. The number of thiophene rings is 1. The molecule has 3 nitrogen and oxygen atoms in total.